The molecule has 0 radical (unpaired) electrons. The lowest BCUT2D eigenvalue weighted by molar-refractivity contribution is -0.144. The molecule has 90 valence electrons. The van der Waals surface area contributed by atoms with Crippen molar-refractivity contribution in [2.45, 2.75) is 38.6 Å². The first-order valence-corrected chi connectivity index (χ1v) is 5.62. The molecule has 4 heteroatoms. The van der Waals surface area contributed by atoms with Crippen LogP contribution in [0.4, 0.5) is 0 Å². The minimum Gasteiger partial charge on any atom is -0.466 e. The highest BCUT2D eigenvalue weighted by Gasteiger charge is 2.41. The standard InChI is InChI=1S/C12H18O4/c1-12(2)15-7-10(16-12)9-5-4-8(9)6-11(13)14-3/h6,9-10H,4-5,7H2,1-3H3/b8-6-/t9-,10+/m0/s1. The van der Waals surface area contributed by atoms with Crippen LogP contribution in [-0.4, -0.2) is 31.6 Å². The van der Waals surface area contributed by atoms with Gasteiger partial charge >= 0.3 is 5.97 Å². The summed E-state index contributed by atoms with van der Waals surface area (Å²) in [5, 5.41) is 0. The molecule has 0 spiro atoms. The van der Waals surface area contributed by atoms with E-state index in [4.69, 9.17) is 9.47 Å². The van der Waals surface area contributed by atoms with E-state index in [1.54, 1.807) is 6.08 Å². The van der Waals surface area contributed by atoms with Crippen LogP contribution in [0, 0.1) is 5.92 Å². The van der Waals surface area contributed by atoms with Crippen LogP contribution in [0.15, 0.2) is 11.6 Å². The van der Waals surface area contributed by atoms with E-state index >= 15 is 0 Å². The maximum Gasteiger partial charge on any atom is 0.330 e. The molecular weight excluding hydrogens is 208 g/mol. The number of carbonyl (C=O) groups excluding carboxylic acids is 1. The van der Waals surface area contributed by atoms with Gasteiger partial charge in [-0.2, -0.15) is 0 Å². The second kappa shape index (κ2) is 4.18. The summed E-state index contributed by atoms with van der Waals surface area (Å²) >= 11 is 0. The summed E-state index contributed by atoms with van der Waals surface area (Å²) < 4.78 is 15.9. The van der Waals surface area contributed by atoms with E-state index in [9.17, 15) is 4.79 Å². The summed E-state index contributed by atoms with van der Waals surface area (Å²) in [4.78, 5) is 11.1. The van der Waals surface area contributed by atoms with Crippen LogP contribution in [0.5, 0.6) is 0 Å². The van der Waals surface area contributed by atoms with Crippen LogP contribution < -0.4 is 0 Å². The molecule has 2 aliphatic rings. The molecule has 2 fully saturated rings. The number of carbonyl (C=O) groups is 1. The molecule has 1 aliphatic heterocycles. The molecule has 0 aromatic heterocycles. The fourth-order valence-corrected chi connectivity index (χ4v) is 2.21. The molecule has 2 rings (SSSR count). The highest BCUT2D eigenvalue weighted by molar-refractivity contribution is 5.83. The minimum atomic E-state index is -0.489. The fraction of sp³-hybridized carbons (Fsp3) is 0.750. The van der Waals surface area contributed by atoms with E-state index in [0.717, 1.165) is 18.4 Å². The van der Waals surface area contributed by atoms with Crippen molar-refractivity contribution in [2.24, 2.45) is 5.92 Å². The second-order valence-corrected chi connectivity index (χ2v) is 4.75. The Balaban J connectivity index is 1.97. The molecule has 4 nitrogen and oxygen atoms in total. The molecule has 1 saturated heterocycles. The normalized spacial score (nSPS) is 34.8. The third-order valence-electron chi connectivity index (χ3n) is 3.20. The zero-order valence-corrected chi connectivity index (χ0v) is 9.99. The van der Waals surface area contributed by atoms with Gasteiger partial charge in [0.15, 0.2) is 5.79 Å². The number of hydrogen-bond donors (Lipinski definition) is 0. The molecule has 0 aromatic carbocycles. The molecule has 0 aromatic rings. The van der Waals surface area contributed by atoms with Gasteiger partial charge < -0.3 is 14.2 Å². The molecule has 1 saturated carbocycles. The third-order valence-corrected chi connectivity index (χ3v) is 3.20. The highest BCUT2D eigenvalue weighted by Crippen LogP contribution is 2.41. The van der Waals surface area contributed by atoms with Gasteiger partial charge in [0.1, 0.15) is 0 Å². The Bertz CT molecular complexity index is 319. The van der Waals surface area contributed by atoms with Gasteiger partial charge in [0.25, 0.3) is 0 Å². The molecular formula is C12H18O4. The summed E-state index contributed by atoms with van der Waals surface area (Å²) in [6.07, 6.45) is 3.69. The van der Waals surface area contributed by atoms with Crippen LogP contribution >= 0.6 is 0 Å². The predicted molar refractivity (Wildman–Crippen MR) is 57.7 cm³/mol. The van der Waals surface area contributed by atoms with Crippen LogP contribution in [0.25, 0.3) is 0 Å². The first-order chi connectivity index (χ1) is 7.52. The van der Waals surface area contributed by atoms with Crippen LogP contribution in [0.1, 0.15) is 26.7 Å². The third kappa shape index (κ3) is 2.28. The molecule has 2 atom stereocenters. The molecule has 0 N–H and O–H groups in total. The minimum absolute atomic E-state index is 0.0830. The summed E-state index contributed by atoms with van der Waals surface area (Å²) in [6, 6.07) is 0. The van der Waals surface area contributed by atoms with Crippen molar-refractivity contribution in [1.29, 1.82) is 0 Å². The first-order valence-electron chi connectivity index (χ1n) is 5.62. The van der Waals surface area contributed by atoms with Gasteiger partial charge in [0, 0.05) is 12.0 Å². The lowest BCUT2D eigenvalue weighted by atomic mass is 9.75. The number of methoxy groups -OCH3 is 1. The van der Waals surface area contributed by atoms with Gasteiger partial charge in [0.05, 0.1) is 19.8 Å². The SMILES string of the molecule is COC(=O)/C=C1/CC[C@@H]1[C@H]1COC(C)(C)O1. The Morgan fingerprint density at radius 1 is 1.56 bits per heavy atom. The zero-order chi connectivity index (χ0) is 11.8. The van der Waals surface area contributed by atoms with E-state index in [-0.39, 0.29) is 12.1 Å². The number of ether oxygens (including phenoxy) is 3. The maximum absolute atomic E-state index is 11.1. The van der Waals surface area contributed by atoms with Crippen LogP contribution in [0.2, 0.25) is 0 Å². The van der Waals surface area contributed by atoms with Gasteiger partial charge in [-0.3, -0.25) is 0 Å². The highest BCUT2D eigenvalue weighted by atomic mass is 16.7. The topological polar surface area (TPSA) is 44.8 Å². The lowest BCUT2D eigenvalue weighted by Gasteiger charge is -2.34. The van der Waals surface area contributed by atoms with Crippen molar-refractivity contribution < 1.29 is 19.0 Å². The quantitative estimate of drug-likeness (QED) is 0.530. The molecule has 16 heavy (non-hydrogen) atoms. The summed E-state index contributed by atoms with van der Waals surface area (Å²) in [5.74, 6) is -0.449. The van der Waals surface area contributed by atoms with Crippen molar-refractivity contribution in [3.8, 4) is 0 Å². The van der Waals surface area contributed by atoms with E-state index in [2.05, 4.69) is 4.74 Å². The summed E-state index contributed by atoms with van der Waals surface area (Å²) in [6.45, 7) is 4.43. The monoisotopic (exact) mass is 226 g/mol. The number of esters is 1. The average Bonchev–Trinajstić information content (AvgIpc) is 2.53. The molecule has 0 amide bonds. The van der Waals surface area contributed by atoms with E-state index < -0.39 is 5.79 Å². The zero-order valence-electron chi connectivity index (χ0n) is 9.99. The maximum atomic E-state index is 11.1. The molecule has 1 heterocycles. The van der Waals surface area contributed by atoms with Crippen LogP contribution in [-0.2, 0) is 19.0 Å². The Morgan fingerprint density at radius 3 is 2.75 bits per heavy atom. The fourth-order valence-electron chi connectivity index (χ4n) is 2.21. The van der Waals surface area contributed by atoms with Gasteiger partial charge in [0.2, 0.25) is 0 Å². The summed E-state index contributed by atoms with van der Waals surface area (Å²) in [5.41, 5.74) is 1.12. The Hall–Kier alpha value is -0.870. The Morgan fingerprint density at radius 2 is 2.31 bits per heavy atom. The van der Waals surface area contributed by atoms with Gasteiger partial charge in [-0.1, -0.05) is 5.57 Å². The largest absolute Gasteiger partial charge is 0.466 e. The van der Waals surface area contributed by atoms with Gasteiger partial charge in [-0.15, -0.1) is 0 Å². The van der Waals surface area contributed by atoms with E-state index in [1.807, 2.05) is 13.8 Å². The second-order valence-electron chi connectivity index (χ2n) is 4.75. The van der Waals surface area contributed by atoms with Crippen molar-refractivity contribution in [1.82, 2.24) is 0 Å². The molecule has 0 bridgehead atoms. The number of hydrogen-bond acceptors (Lipinski definition) is 4. The Kier molecular flexibility index (Phi) is 3.04. The lowest BCUT2D eigenvalue weighted by Crippen LogP contribution is -2.33. The van der Waals surface area contributed by atoms with Crippen molar-refractivity contribution in [3.05, 3.63) is 11.6 Å². The van der Waals surface area contributed by atoms with Gasteiger partial charge in [-0.25, -0.2) is 4.79 Å². The van der Waals surface area contributed by atoms with E-state index in [1.165, 1.54) is 7.11 Å². The van der Waals surface area contributed by atoms with Crippen molar-refractivity contribution in [2.75, 3.05) is 13.7 Å². The average molecular weight is 226 g/mol. The van der Waals surface area contributed by atoms with Crippen LogP contribution in [0.3, 0.4) is 0 Å². The smallest absolute Gasteiger partial charge is 0.330 e. The van der Waals surface area contributed by atoms with Crippen molar-refractivity contribution >= 4 is 5.97 Å². The Labute approximate surface area is 95.6 Å². The predicted octanol–water partition coefficient (Wildman–Crippen LogP) is 1.65. The molecule has 0 unspecified atom stereocenters. The number of rotatable bonds is 2. The van der Waals surface area contributed by atoms with Crippen molar-refractivity contribution in [3.63, 3.8) is 0 Å². The van der Waals surface area contributed by atoms with E-state index in [0.29, 0.717) is 12.5 Å². The first kappa shape index (κ1) is 11.6. The van der Waals surface area contributed by atoms with Gasteiger partial charge in [-0.05, 0) is 26.7 Å². The summed E-state index contributed by atoms with van der Waals surface area (Å²) in [7, 11) is 1.39. The molecule has 1 aliphatic carbocycles.